The van der Waals surface area contributed by atoms with Crippen molar-refractivity contribution in [3.63, 3.8) is 0 Å². The van der Waals surface area contributed by atoms with Gasteiger partial charge in [0, 0.05) is 10.9 Å². The van der Waals surface area contributed by atoms with Crippen molar-refractivity contribution in [1.29, 1.82) is 0 Å². The van der Waals surface area contributed by atoms with Crippen LogP contribution in [0.1, 0.15) is 10.5 Å². The average molecular weight is 269 g/mol. The Morgan fingerprint density at radius 3 is 2.79 bits per heavy atom. The third kappa shape index (κ3) is 2.11. The maximum absolute atomic E-state index is 11.4. The van der Waals surface area contributed by atoms with E-state index in [-0.39, 0.29) is 0 Å². The summed E-state index contributed by atoms with van der Waals surface area (Å²) in [6.45, 7) is 0. The topological polar surface area (TPSA) is 39.2 Å². The Morgan fingerprint density at radius 1 is 1.16 bits per heavy atom. The Bertz CT molecular complexity index is 743. The maximum atomic E-state index is 11.4. The van der Waals surface area contributed by atoms with Gasteiger partial charge in [0.1, 0.15) is 5.01 Å². The minimum atomic E-state index is -0.400. The zero-order chi connectivity index (χ0) is 13.2. The predicted molar refractivity (Wildman–Crippen MR) is 76.4 cm³/mol. The van der Waals surface area contributed by atoms with Crippen LogP contribution in [-0.4, -0.2) is 18.1 Å². The van der Waals surface area contributed by atoms with Crippen LogP contribution in [0, 0.1) is 0 Å². The van der Waals surface area contributed by atoms with Crippen molar-refractivity contribution in [2.24, 2.45) is 0 Å². The summed E-state index contributed by atoms with van der Waals surface area (Å²) >= 11 is 1.45. The van der Waals surface area contributed by atoms with Crippen molar-refractivity contribution in [1.82, 2.24) is 4.98 Å². The maximum Gasteiger partial charge on any atom is 0.357 e. The molecule has 0 aliphatic rings. The number of hydrogen-bond donors (Lipinski definition) is 0. The molecule has 1 heterocycles. The fourth-order valence-corrected chi connectivity index (χ4v) is 2.84. The summed E-state index contributed by atoms with van der Waals surface area (Å²) in [4.78, 5) is 15.8. The molecule has 3 aromatic rings. The molecule has 0 bridgehead atoms. The van der Waals surface area contributed by atoms with E-state index in [0.29, 0.717) is 5.69 Å². The van der Waals surface area contributed by atoms with Gasteiger partial charge in [-0.15, -0.1) is 11.3 Å². The van der Waals surface area contributed by atoms with E-state index in [2.05, 4.69) is 27.9 Å². The van der Waals surface area contributed by atoms with Crippen molar-refractivity contribution < 1.29 is 9.53 Å². The van der Waals surface area contributed by atoms with Crippen LogP contribution < -0.4 is 0 Å². The summed E-state index contributed by atoms with van der Waals surface area (Å²) in [5.74, 6) is -0.400. The molecule has 4 heteroatoms. The predicted octanol–water partition coefficient (Wildman–Crippen LogP) is 3.75. The highest BCUT2D eigenvalue weighted by Gasteiger charge is 2.13. The third-order valence-electron chi connectivity index (χ3n) is 2.92. The van der Waals surface area contributed by atoms with Gasteiger partial charge in [-0.2, -0.15) is 0 Å². The van der Waals surface area contributed by atoms with Gasteiger partial charge >= 0.3 is 5.97 Å². The summed E-state index contributed by atoms with van der Waals surface area (Å²) in [7, 11) is 1.36. The molecule has 19 heavy (non-hydrogen) atoms. The second-order valence-corrected chi connectivity index (χ2v) is 4.91. The largest absolute Gasteiger partial charge is 0.464 e. The van der Waals surface area contributed by atoms with Crippen molar-refractivity contribution in [2.75, 3.05) is 7.11 Å². The smallest absolute Gasteiger partial charge is 0.357 e. The number of carbonyl (C=O) groups excluding carboxylic acids is 1. The molecule has 0 saturated carbocycles. The summed E-state index contributed by atoms with van der Waals surface area (Å²) in [6, 6.07) is 14.2. The van der Waals surface area contributed by atoms with Crippen LogP contribution in [0.3, 0.4) is 0 Å². The van der Waals surface area contributed by atoms with Crippen molar-refractivity contribution in [3.8, 4) is 10.6 Å². The van der Waals surface area contributed by atoms with Gasteiger partial charge in [-0.3, -0.25) is 0 Å². The van der Waals surface area contributed by atoms with Crippen LogP contribution in [0.5, 0.6) is 0 Å². The number of methoxy groups -OCH3 is 1. The first-order valence-corrected chi connectivity index (χ1v) is 6.69. The lowest BCUT2D eigenvalue weighted by molar-refractivity contribution is 0.0595. The molecule has 0 aliphatic heterocycles. The molecule has 3 nitrogen and oxygen atoms in total. The van der Waals surface area contributed by atoms with Gasteiger partial charge < -0.3 is 4.74 Å². The van der Waals surface area contributed by atoms with Gasteiger partial charge in [0.25, 0.3) is 0 Å². The highest BCUT2D eigenvalue weighted by molar-refractivity contribution is 7.13. The summed E-state index contributed by atoms with van der Waals surface area (Å²) in [6.07, 6.45) is 0. The molecular weight excluding hydrogens is 258 g/mol. The molecule has 0 spiro atoms. The van der Waals surface area contributed by atoms with E-state index in [4.69, 9.17) is 0 Å². The van der Waals surface area contributed by atoms with Gasteiger partial charge in [0.05, 0.1) is 7.11 Å². The first-order chi connectivity index (χ1) is 9.29. The highest BCUT2D eigenvalue weighted by Crippen LogP contribution is 2.30. The molecule has 0 atom stereocenters. The van der Waals surface area contributed by atoms with E-state index < -0.39 is 5.97 Å². The van der Waals surface area contributed by atoms with Gasteiger partial charge in [-0.25, -0.2) is 9.78 Å². The number of thiazole rings is 1. The Labute approximate surface area is 114 Å². The van der Waals surface area contributed by atoms with Gasteiger partial charge in [-0.05, 0) is 10.8 Å². The molecule has 0 aliphatic carbocycles. The standard InChI is InChI=1S/C15H11NO2S/c1-18-15(17)13-9-19-14(16-13)12-8-4-6-10-5-2-3-7-11(10)12/h2-9H,1H3. The van der Waals surface area contributed by atoms with Crippen molar-refractivity contribution >= 4 is 28.1 Å². The van der Waals surface area contributed by atoms with E-state index in [9.17, 15) is 4.79 Å². The number of rotatable bonds is 2. The quantitative estimate of drug-likeness (QED) is 0.665. The first kappa shape index (κ1) is 11.9. The summed E-state index contributed by atoms with van der Waals surface area (Å²) in [5.41, 5.74) is 1.40. The number of hydrogen-bond acceptors (Lipinski definition) is 4. The molecular formula is C15H11NO2S. The molecule has 94 valence electrons. The van der Waals surface area contributed by atoms with Gasteiger partial charge in [-0.1, -0.05) is 42.5 Å². The molecule has 2 aromatic carbocycles. The number of aromatic nitrogens is 1. The lowest BCUT2D eigenvalue weighted by atomic mass is 10.1. The molecule has 0 fully saturated rings. The zero-order valence-electron chi connectivity index (χ0n) is 10.3. The average Bonchev–Trinajstić information content (AvgIpc) is 2.95. The minimum absolute atomic E-state index is 0.357. The lowest BCUT2D eigenvalue weighted by Gasteiger charge is -2.02. The van der Waals surface area contributed by atoms with E-state index in [1.807, 2.05) is 24.3 Å². The van der Waals surface area contributed by atoms with E-state index in [1.165, 1.54) is 18.4 Å². The van der Waals surface area contributed by atoms with Crippen molar-refractivity contribution in [3.05, 3.63) is 53.5 Å². The highest BCUT2D eigenvalue weighted by atomic mass is 32.1. The van der Waals surface area contributed by atoms with Crippen LogP contribution in [0.2, 0.25) is 0 Å². The monoisotopic (exact) mass is 269 g/mol. The summed E-state index contributed by atoms with van der Waals surface area (Å²) < 4.78 is 4.68. The molecule has 0 unspecified atom stereocenters. The molecule has 0 N–H and O–H groups in total. The number of carbonyl (C=O) groups is 1. The van der Waals surface area contributed by atoms with Gasteiger partial charge in [0.15, 0.2) is 5.69 Å². The second-order valence-electron chi connectivity index (χ2n) is 4.06. The minimum Gasteiger partial charge on any atom is -0.464 e. The lowest BCUT2D eigenvalue weighted by Crippen LogP contribution is -2.00. The Balaban J connectivity index is 2.14. The molecule has 3 rings (SSSR count). The van der Waals surface area contributed by atoms with Crippen LogP contribution in [0.25, 0.3) is 21.3 Å². The number of fused-ring (bicyclic) bond motifs is 1. The van der Waals surface area contributed by atoms with Crippen LogP contribution in [0.4, 0.5) is 0 Å². The molecule has 1 aromatic heterocycles. The number of nitrogens with zero attached hydrogens (tertiary/aromatic N) is 1. The van der Waals surface area contributed by atoms with Gasteiger partial charge in [0.2, 0.25) is 0 Å². The van der Waals surface area contributed by atoms with Crippen LogP contribution in [-0.2, 0) is 4.74 Å². The SMILES string of the molecule is COC(=O)c1csc(-c2cccc3ccccc23)n1. The zero-order valence-corrected chi connectivity index (χ0v) is 11.1. The Hall–Kier alpha value is -2.20. The number of esters is 1. The first-order valence-electron chi connectivity index (χ1n) is 5.81. The number of ether oxygens (including phenoxy) is 1. The van der Waals surface area contributed by atoms with E-state index in [0.717, 1.165) is 21.3 Å². The van der Waals surface area contributed by atoms with Crippen LogP contribution >= 0.6 is 11.3 Å². The fraction of sp³-hybridized carbons (Fsp3) is 0.0667. The number of benzene rings is 2. The Morgan fingerprint density at radius 2 is 1.95 bits per heavy atom. The van der Waals surface area contributed by atoms with E-state index in [1.54, 1.807) is 5.38 Å². The second kappa shape index (κ2) is 4.82. The molecule has 0 radical (unpaired) electrons. The molecule has 0 saturated heterocycles. The Kier molecular flexibility index (Phi) is 3.01. The van der Waals surface area contributed by atoms with E-state index >= 15 is 0 Å². The molecule has 0 amide bonds. The third-order valence-corrected chi connectivity index (χ3v) is 3.79. The summed E-state index contributed by atoms with van der Waals surface area (Å²) in [5, 5.41) is 4.85. The van der Waals surface area contributed by atoms with Crippen molar-refractivity contribution in [2.45, 2.75) is 0 Å². The fourth-order valence-electron chi connectivity index (χ4n) is 2.01. The van der Waals surface area contributed by atoms with Crippen LogP contribution in [0.15, 0.2) is 47.8 Å². The normalized spacial score (nSPS) is 10.6.